The number of aliphatic hydroxyl groups excluding tert-OH is 1. The van der Waals surface area contributed by atoms with Gasteiger partial charge in [-0.1, -0.05) is 26.0 Å². The van der Waals surface area contributed by atoms with Gasteiger partial charge in [0.25, 0.3) is 5.91 Å². The number of rotatable bonds is 7. The van der Waals surface area contributed by atoms with Crippen molar-refractivity contribution in [3.05, 3.63) is 36.0 Å². The van der Waals surface area contributed by atoms with Gasteiger partial charge in [0.15, 0.2) is 0 Å². The number of carbonyl (C=O) groups is 1. The van der Waals surface area contributed by atoms with Gasteiger partial charge < -0.3 is 15.2 Å². The topological polar surface area (TPSA) is 87.2 Å². The third-order valence-electron chi connectivity index (χ3n) is 3.45. The SMILES string of the molecule is COc1ccccc1-c1cc(C(=O)NCC(O)CC(C)C)[nH]n1. The lowest BCUT2D eigenvalue weighted by molar-refractivity contribution is 0.0895. The van der Waals surface area contributed by atoms with Crippen molar-refractivity contribution in [3.8, 4) is 17.0 Å². The number of nitrogens with zero attached hydrogens (tertiary/aromatic N) is 1. The number of hydrogen-bond acceptors (Lipinski definition) is 4. The Morgan fingerprint density at radius 2 is 2.13 bits per heavy atom. The van der Waals surface area contributed by atoms with E-state index in [9.17, 15) is 9.90 Å². The molecule has 1 aromatic heterocycles. The van der Waals surface area contributed by atoms with Crippen LogP contribution in [0.2, 0.25) is 0 Å². The molecule has 1 amide bonds. The number of nitrogens with one attached hydrogen (secondary N) is 2. The maximum absolute atomic E-state index is 12.1. The number of hydrogen-bond donors (Lipinski definition) is 3. The van der Waals surface area contributed by atoms with E-state index in [0.717, 1.165) is 5.56 Å². The molecule has 3 N–H and O–H groups in total. The van der Waals surface area contributed by atoms with E-state index in [1.54, 1.807) is 13.2 Å². The fourth-order valence-corrected chi connectivity index (χ4v) is 2.37. The van der Waals surface area contributed by atoms with Gasteiger partial charge in [0, 0.05) is 12.1 Å². The average molecular weight is 317 g/mol. The van der Waals surface area contributed by atoms with Crippen molar-refractivity contribution in [2.75, 3.05) is 13.7 Å². The number of amides is 1. The van der Waals surface area contributed by atoms with Crippen LogP contribution in [0.4, 0.5) is 0 Å². The second-order valence-electron chi connectivity index (χ2n) is 5.86. The number of H-pyrrole nitrogens is 1. The van der Waals surface area contributed by atoms with Crippen molar-refractivity contribution in [2.45, 2.75) is 26.4 Å². The molecule has 1 unspecified atom stereocenters. The number of ether oxygens (including phenoxy) is 1. The highest BCUT2D eigenvalue weighted by Gasteiger charge is 2.15. The molecule has 0 aliphatic rings. The molecule has 6 heteroatoms. The lowest BCUT2D eigenvalue weighted by atomic mass is 10.1. The first-order valence-corrected chi connectivity index (χ1v) is 7.66. The number of aliphatic hydroxyl groups is 1. The summed E-state index contributed by atoms with van der Waals surface area (Å²) in [6.45, 7) is 4.28. The van der Waals surface area contributed by atoms with Gasteiger partial charge in [0.05, 0.1) is 18.9 Å². The zero-order valence-electron chi connectivity index (χ0n) is 13.7. The molecule has 0 saturated carbocycles. The standard InChI is InChI=1S/C17H23N3O3/c1-11(2)8-12(21)10-18-17(22)15-9-14(19-20-15)13-6-4-5-7-16(13)23-3/h4-7,9,11-12,21H,8,10H2,1-3H3,(H,18,22)(H,19,20). The highest BCUT2D eigenvalue weighted by atomic mass is 16.5. The fraction of sp³-hybridized carbons (Fsp3) is 0.412. The summed E-state index contributed by atoms with van der Waals surface area (Å²) in [5.74, 6) is 0.783. The van der Waals surface area contributed by atoms with Gasteiger partial charge in [0.2, 0.25) is 0 Å². The Bertz CT molecular complexity index is 652. The predicted octanol–water partition coefficient (Wildman–Crippen LogP) is 2.22. The highest BCUT2D eigenvalue weighted by molar-refractivity contribution is 5.93. The summed E-state index contributed by atoms with van der Waals surface area (Å²) in [6.07, 6.45) is 0.103. The molecule has 2 aromatic rings. The Kier molecular flexibility index (Phi) is 5.76. The third kappa shape index (κ3) is 4.56. The number of para-hydroxylation sites is 1. The number of carbonyl (C=O) groups excluding carboxylic acids is 1. The maximum Gasteiger partial charge on any atom is 0.269 e. The lowest BCUT2D eigenvalue weighted by Gasteiger charge is -2.13. The zero-order valence-corrected chi connectivity index (χ0v) is 13.7. The molecule has 2 rings (SSSR count). The van der Waals surface area contributed by atoms with Gasteiger partial charge in [-0.3, -0.25) is 9.89 Å². The molecule has 0 bridgehead atoms. The summed E-state index contributed by atoms with van der Waals surface area (Å²) in [7, 11) is 1.59. The van der Waals surface area contributed by atoms with Crippen LogP contribution in [0.5, 0.6) is 5.75 Å². The number of methoxy groups -OCH3 is 1. The molecule has 0 saturated heterocycles. The Morgan fingerprint density at radius 3 is 2.83 bits per heavy atom. The number of benzene rings is 1. The summed E-state index contributed by atoms with van der Waals surface area (Å²) >= 11 is 0. The Hall–Kier alpha value is -2.34. The molecule has 1 heterocycles. The van der Waals surface area contributed by atoms with Crippen LogP contribution >= 0.6 is 0 Å². The van der Waals surface area contributed by atoms with Crippen LogP contribution in [-0.2, 0) is 0 Å². The monoisotopic (exact) mass is 317 g/mol. The van der Waals surface area contributed by atoms with E-state index in [1.165, 1.54) is 0 Å². The molecule has 0 spiro atoms. The van der Waals surface area contributed by atoms with Crippen molar-refractivity contribution >= 4 is 5.91 Å². The highest BCUT2D eigenvalue weighted by Crippen LogP contribution is 2.28. The molecule has 0 radical (unpaired) electrons. The molecular formula is C17H23N3O3. The lowest BCUT2D eigenvalue weighted by Crippen LogP contribution is -2.32. The summed E-state index contributed by atoms with van der Waals surface area (Å²) in [5, 5.41) is 19.4. The van der Waals surface area contributed by atoms with Crippen LogP contribution in [0, 0.1) is 5.92 Å². The van der Waals surface area contributed by atoms with Crippen molar-refractivity contribution in [3.63, 3.8) is 0 Å². The molecule has 1 aromatic carbocycles. The van der Waals surface area contributed by atoms with Crippen LogP contribution in [-0.4, -0.2) is 41.0 Å². The van der Waals surface area contributed by atoms with Crippen LogP contribution in [0.1, 0.15) is 30.8 Å². The van der Waals surface area contributed by atoms with Crippen molar-refractivity contribution in [1.29, 1.82) is 0 Å². The van der Waals surface area contributed by atoms with E-state index in [1.807, 2.05) is 38.1 Å². The molecule has 1 atom stereocenters. The normalized spacial score (nSPS) is 12.2. The van der Waals surface area contributed by atoms with Crippen molar-refractivity contribution < 1.29 is 14.6 Å². The van der Waals surface area contributed by atoms with E-state index in [4.69, 9.17) is 4.74 Å². The van der Waals surface area contributed by atoms with E-state index in [2.05, 4.69) is 15.5 Å². The van der Waals surface area contributed by atoms with Crippen molar-refractivity contribution in [2.24, 2.45) is 5.92 Å². The minimum Gasteiger partial charge on any atom is -0.496 e. The second-order valence-corrected chi connectivity index (χ2v) is 5.86. The summed E-state index contributed by atoms with van der Waals surface area (Å²) in [5.41, 5.74) is 1.79. The van der Waals surface area contributed by atoms with Crippen LogP contribution in [0.3, 0.4) is 0 Å². The maximum atomic E-state index is 12.1. The van der Waals surface area contributed by atoms with Crippen LogP contribution < -0.4 is 10.1 Å². The van der Waals surface area contributed by atoms with Crippen LogP contribution in [0.15, 0.2) is 30.3 Å². The Labute approximate surface area is 135 Å². The quantitative estimate of drug-likeness (QED) is 0.731. The smallest absolute Gasteiger partial charge is 0.269 e. The molecule has 0 aliphatic heterocycles. The zero-order chi connectivity index (χ0) is 16.8. The van der Waals surface area contributed by atoms with Gasteiger partial charge in [-0.2, -0.15) is 5.10 Å². The average Bonchev–Trinajstić information content (AvgIpc) is 3.01. The minimum atomic E-state index is -0.546. The first kappa shape index (κ1) is 17.0. The first-order valence-electron chi connectivity index (χ1n) is 7.66. The summed E-state index contributed by atoms with van der Waals surface area (Å²) in [4.78, 5) is 12.1. The molecule has 124 valence electrons. The number of aromatic amines is 1. The van der Waals surface area contributed by atoms with Gasteiger partial charge in [0.1, 0.15) is 11.4 Å². The molecular weight excluding hydrogens is 294 g/mol. The second kappa shape index (κ2) is 7.78. The van der Waals surface area contributed by atoms with Gasteiger partial charge in [-0.05, 0) is 30.5 Å². The largest absolute Gasteiger partial charge is 0.496 e. The van der Waals surface area contributed by atoms with Gasteiger partial charge >= 0.3 is 0 Å². The van der Waals surface area contributed by atoms with Gasteiger partial charge in [-0.25, -0.2) is 0 Å². The van der Waals surface area contributed by atoms with E-state index >= 15 is 0 Å². The summed E-state index contributed by atoms with van der Waals surface area (Å²) in [6, 6.07) is 9.14. The summed E-state index contributed by atoms with van der Waals surface area (Å²) < 4.78 is 5.30. The van der Waals surface area contributed by atoms with E-state index < -0.39 is 6.10 Å². The molecule has 0 fully saturated rings. The van der Waals surface area contributed by atoms with Crippen LogP contribution in [0.25, 0.3) is 11.3 Å². The predicted molar refractivity (Wildman–Crippen MR) is 88.4 cm³/mol. The Balaban J connectivity index is 2.03. The van der Waals surface area contributed by atoms with E-state index in [0.29, 0.717) is 29.5 Å². The fourth-order valence-electron chi connectivity index (χ4n) is 2.37. The molecule has 0 aliphatic carbocycles. The number of aromatic nitrogens is 2. The molecule has 23 heavy (non-hydrogen) atoms. The Morgan fingerprint density at radius 1 is 1.39 bits per heavy atom. The minimum absolute atomic E-state index is 0.222. The van der Waals surface area contributed by atoms with Crippen molar-refractivity contribution in [1.82, 2.24) is 15.5 Å². The van der Waals surface area contributed by atoms with E-state index in [-0.39, 0.29) is 12.5 Å². The first-order chi connectivity index (χ1) is 11.0. The van der Waals surface area contributed by atoms with Gasteiger partial charge in [-0.15, -0.1) is 0 Å². The third-order valence-corrected chi connectivity index (χ3v) is 3.45. The molecule has 6 nitrogen and oxygen atoms in total.